The number of amides is 1. The predicted molar refractivity (Wildman–Crippen MR) is 70.9 cm³/mol. The Bertz CT molecular complexity index is 417. The SMILES string of the molecule is CSCCC(=O)N(C)Cc1ccc(C(F)(F)F)cc1. The third-order valence-electron chi connectivity index (χ3n) is 2.65. The van der Waals surface area contributed by atoms with E-state index in [9.17, 15) is 18.0 Å². The zero-order valence-electron chi connectivity index (χ0n) is 10.8. The number of thioether (sulfide) groups is 1. The van der Waals surface area contributed by atoms with Crippen LogP contribution < -0.4 is 0 Å². The van der Waals surface area contributed by atoms with Crippen LogP contribution >= 0.6 is 11.8 Å². The summed E-state index contributed by atoms with van der Waals surface area (Å²) in [6.07, 6.45) is -1.96. The Hall–Kier alpha value is -1.17. The van der Waals surface area contributed by atoms with E-state index in [1.165, 1.54) is 17.0 Å². The first-order valence-electron chi connectivity index (χ1n) is 5.73. The number of rotatable bonds is 5. The fourth-order valence-electron chi connectivity index (χ4n) is 1.54. The highest BCUT2D eigenvalue weighted by atomic mass is 32.2. The summed E-state index contributed by atoms with van der Waals surface area (Å²) in [6, 6.07) is 4.88. The number of nitrogens with zero attached hydrogens (tertiary/aromatic N) is 1. The van der Waals surface area contributed by atoms with Gasteiger partial charge in [-0.05, 0) is 24.0 Å². The topological polar surface area (TPSA) is 20.3 Å². The van der Waals surface area contributed by atoms with Gasteiger partial charge in [-0.15, -0.1) is 0 Å². The minimum absolute atomic E-state index is 0.00533. The van der Waals surface area contributed by atoms with E-state index in [-0.39, 0.29) is 5.91 Å². The second kappa shape index (κ2) is 6.84. The average Bonchev–Trinajstić information content (AvgIpc) is 2.35. The van der Waals surface area contributed by atoms with Gasteiger partial charge in [-0.1, -0.05) is 12.1 Å². The van der Waals surface area contributed by atoms with Crippen molar-refractivity contribution in [2.45, 2.75) is 19.1 Å². The van der Waals surface area contributed by atoms with Crippen LogP contribution in [-0.2, 0) is 17.5 Å². The van der Waals surface area contributed by atoms with Crippen LogP contribution in [0.15, 0.2) is 24.3 Å². The molecule has 0 bridgehead atoms. The van der Waals surface area contributed by atoms with Crippen molar-refractivity contribution in [3.05, 3.63) is 35.4 Å². The Balaban J connectivity index is 2.60. The van der Waals surface area contributed by atoms with Crippen molar-refractivity contribution in [3.63, 3.8) is 0 Å². The van der Waals surface area contributed by atoms with Gasteiger partial charge in [-0.2, -0.15) is 24.9 Å². The number of alkyl halides is 3. The van der Waals surface area contributed by atoms with Gasteiger partial charge in [-0.25, -0.2) is 0 Å². The molecule has 0 heterocycles. The smallest absolute Gasteiger partial charge is 0.341 e. The summed E-state index contributed by atoms with van der Waals surface area (Å²) in [7, 11) is 1.65. The number of hydrogen-bond donors (Lipinski definition) is 0. The van der Waals surface area contributed by atoms with Crippen molar-refractivity contribution < 1.29 is 18.0 Å². The van der Waals surface area contributed by atoms with E-state index in [1.807, 2.05) is 6.26 Å². The highest BCUT2D eigenvalue weighted by molar-refractivity contribution is 7.98. The molecule has 0 aliphatic rings. The van der Waals surface area contributed by atoms with Gasteiger partial charge < -0.3 is 4.90 Å². The quantitative estimate of drug-likeness (QED) is 0.828. The average molecular weight is 291 g/mol. The maximum Gasteiger partial charge on any atom is 0.416 e. The number of benzene rings is 1. The monoisotopic (exact) mass is 291 g/mol. The third-order valence-corrected chi connectivity index (χ3v) is 3.26. The van der Waals surface area contributed by atoms with E-state index in [1.54, 1.807) is 18.8 Å². The molecule has 0 spiro atoms. The molecule has 0 saturated carbocycles. The maximum absolute atomic E-state index is 12.4. The van der Waals surface area contributed by atoms with Crippen molar-refractivity contribution in [1.29, 1.82) is 0 Å². The maximum atomic E-state index is 12.4. The van der Waals surface area contributed by atoms with E-state index < -0.39 is 11.7 Å². The van der Waals surface area contributed by atoms with Crippen LogP contribution in [-0.4, -0.2) is 29.9 Å². The van der Waals surface area contributed by atoms with Gasteiger partial charge in [0.25, 0.3) is 0 Å². The van der Waals surface area contributed by atoms with Crippen LogP contribution in [0.4, 0.5) is 13.2 Å². The van der Waals surface area contributed by atoms with Gasteiger partial charge in [0.1, 0.15) is 0 Å². The lowest BCUT2D eigenvalue weighted by Crippen LogP contribution is -2.26. The van der Waals surface area contributed by atoms with E-state index in [2.05, 4.69) is 0 Å². The van der Waals surface area contributed by atoms with Crippen LogP contribution in [0.2, 0.25) is 0 Å². The van der Waals surface area contributed by atoms with Gasteiger partial charge in [0.15, 0.2) is 0 Å². The summed E-state index contributed by atoms with van der Waals surface area (Å²) in [5, 5.41) is 0. The molecule has 1 aromatic carbocycles. The molecule has 6 heteroatoms. The number of hydrogen-bond acceptors (Lipinski definition) is 2. The first-order valence-corrected chi connectivity index (χ1v) is 7.13. The molecule has 106 valence electrons. The third kappa shape index (κ3) is 5.14. The minimum Gasteiger partial charge on any atom is -0.341 e. The zero-order valence-corrected chi connectivity index (χ0v) is 11.6. The molecule has 0 radical (unpaired) electrons. The van der Waals surface area contributed by atoms with Crippen LogP contribution in [0.1, 0.15) is 17.5 Å². The molecule has 0 aromatic heterocycles. The molecule has 0 saturated heterocycles. The number of carbonyl (C=O) groups excluding carboxylic acids is 1. The first kappa shape index (κ1) is 15.9. The Morgan fingerprint density at radius 3 is 2.32 bits per heavy atom. The fourth-order valence-corrected chi connectivity index (χ4v) is 1.92. The van der Waals surface area contributed by atoms with Crippen molar-refractivity contribution in [3.8, 4) is 0 Å². The van der Waals surface area contributed by atoms with E-state index >= 15 is 0 Å². The summed E-state index contributed by atoms with van der Waals surface area (Å²) in [4.78, 5) is 13.2. The number of carbonyl (C=O) groups is 1. The first-order chi connectivity index (χ1) is 8.84. The highest BCUT2D eigenvalue weighted by Crippen LogP contribution is 2.29. The Labute approximate surface area is 115 Å². The second-order valence-corrected chi connectivity index (χ2v) is 5.17. The lowest BCUT2D eigenvalue weighted by Gasteiger charge is -2.17. The van der Waals surface area contributed by atoms with Crippen LogP contribution in [0.25, 0.3) is 0 Å². The molecule has 0 unspecified atom stereocenters. The standard InChI is InChI=1S/C13H16F3NOS/c1-17(12(18)7-8-19-2)9-10-3-5-11(6-4-10)13(14,15)16/h3-6H,7-9H2,1-2H3. The van der Waals surface area contributed by atoms with Crippen molar-refractivity contribution in [2.24, 2.45) is 0 Å². The lowest BCUT2D eigenvalue weighted by atomic mass is 10.1. The molecule has 1 rings (SSSR count). The molecular weight excluding hydrogens is 275 g/mol. The van der Waals surface area contributed by atoms with Crippen LogP contribution in [0.5, 0.6) is 0 Å². The fraction of sp³-hybridized carbons (Fsp3) is 0.462. The summed E-state index contributed by atoms with van der Waals surface area (Å²) >= 11 is 1.59. The summed E-state index contributed by atoms with van der Waals surface area (Å²) < 4.78 is 37.1. The Morgan fingerprint density at radius 2 is 1.84 bits per heavy atom. The summed E-state index contributed by atoms with van der Waals surface area (Å²) in [5.74, 6) is 0.741. The highest BCUT2D eigenvalue weighted by Gasteiger charge is 2.29. The largest absolute Gasteiger partial charge is 0.416 e. The lowest BCUT2D eigenvalue weighted by molar-refractivity contribution is -0.137. The molecule has 0 fully saturated rings. The Morgan fingerprint density at radius 1 is 1.26 bits per heavy atom. The molecule has 0 aliphatic carbocycles. The normalized spacial score (nSPS) is 11.4. The Kier molecular flexibility index (Phi) is 5.72. The van der Waals surface area contributed by atoms with Crippen molar-refractivity contribution >= 4 is 17.7 Å². The van der Waals surface area contributed by atoms with Gasteiger partial charge in [0.2, 0.25) is 5.91 Å². The summed E-state index contributed by atoms with van der Waals surface area (Å²) in [5.41, 5.74) is 0.0145. The zero-order chi connectivity index (χ0) is 14.5. The number of halogens is 3. The van der Waals surface area contributed by atoms with Gasteiger partial charge in [0.05, 0.1) is 5.56 Å². The van der Waals surface area contributed by atoms with E-state index in [0.717, 1.165) is 17.9 Å². The van der Waals surface area contributed by atoms with Gasteiger partial charge in [-0.3, -0.25) is 4.79 Å². The molecule has 1 amide bonds. The molecule has 0 N–H and O–H groups in total. The molecule has 2 nitrogen and oxygen atoms in total. The second-order valence-electron chi connectivity index (χ2n) is 4.19. The summed E-state index contributed by atoms with van der Waals surface area (Å²) in [6.45, 7) is 0.325. The van der Waals surface area contributed by atoms with Crippen LogP contribution in [0.3, 0.4) is 0 Å². The van der Waals surface area contributed by atoms with Crippen molar-refractivity contribution in [2.75, 3.05) is 19.1 Å². The molecule has 19 heavy (non-hydrogen) atoms. The molecular formula is C13H16F3NOS. The molecule has 0 atom stereocenters. The van der Waals surface area contributed by atoms with Crippen LogP contribution in [0, 0.1) is 0 Å². The minimum atomic E-state index is -4.32. The van der Waals surface area contributed by atoms with E-state index in [0.29, 0.717) is 18.5 Å². The molecule has 1 aromatic rings. The van der Waals surface area contributed by atoms with Crippen molar-refractivity contribution in [1.82, 2.24) is 4.90 Å². The molecule has 0 aliphatic heterocycles. The van der Waals surface area contributed by atoms with E-state index in [4.69, 9.17) is 0 Å². The predicted octanol–water partition coefficient (Wildman–Crippen LogP) is 3.42. The van der Waals surface area contributed by atoms with Gasteiger partial charge in [0, 0.05) is 25.8 Å². The van der Waals surface area contributed by atoms with Gasteiger partial charge >= 0.3 is 6.18 Å².